The van der Waals surface area contributed by atoms with Crippen molar-refractivity contribution >= 4 is 16.7 Å². The molecule has 1 N–H and O–H groups in total. The van der Waals surface area contributed by atoms with Crippen LogP contribution in [0, 0.1) is 12.7 Å². The van der Waals surface area contributed by atoms with Gasteiger partial charge in [0.05, 0.1) is 30.8 Å². The number of anilines is 1. The summed E-state index contributed by atoms with van der Waals surface area (Å²) in [6.45, 7) is 3.87. The van der Waals surface area contributed by atoms with Crippen LogP contribution in [-0.4, -0.2) is 37.4 Å². The minimum Gasteiger partial charge on any atom is -0.493 e. The summed E-state index contributed by atoms with van der Waals surface area (Å²) in [4.78, 5) is 8.77. The SMILES string of the molecule is COCCOc1cc2c(N[C@H](C)c3cccc(C(F)(F)F)c3F)nc(C)nc2cc1OC. The number of methoxy groups -OCH3 is 2. The number of rotatable bonds is 8. The highest BCUT2D eigenvalue weighted by molar-refractivity contribution is 5.92. The normalized spacial score (nSPS) is 12.6. The van der Waals surface area contributed by atoms with E-state index < -0.39 is 23.6 Å². The topological polar surface area (TPSA) is 65.5 Å². The van der Waals surface area contributed by atoms with Crippen LogP contribution in [0.25, 0.3) is 10.9 Å². The zero-order valence-electron chi connectivity index (χ0n) is 18.0. The maximum absolute atomic E-state index is 14.6. The molecule has 0 aliphatic carbocycles. The standard InChI is InChI=1S/C22H23F4N3O3/c1-12(14-6-5-7-16(20(14)23)22(24,25)26)27-21-15-10-19(32-9-8-30-3)18(31-4)11-17(15)28-13(2)29-21/h5-7,10-12H,8-9H2,1-4H3,(H,27,28,29)/t12-/m1/s1. The summed E-state index contributed by atoms with van der Waals surface area (Å²) in [5.41, 5.74) is -0.909. The van der Waals surface area contributed by atoms with E-state index in [-0.39, 0.29) is 12.2 Å². The van der Waals surface area contributed by atoms with Crippen LogP contribution in [0.4, 0.5) is 23.4 Å². The monoisotopic (exact) mass is 453 g/mol. The van der Waals surface area contributed by atoms with E-state index in [2.05, 4.69) is 15.3 Å². The smallest absolute Gasteiger partial charge is 0.419 e. The van der Waals surface area contributed by atoms with Crippen LogP contribution in [0.2, 0.25) is 0 Å². The summed E-state index contributed by atoms with van der Waals surface area (Å²) >= 11 is 0. The molecule has 1 aromatic heterocycles. The van der Waals surface area contributed by atoms with Gasteiger partial charge in [-0.1, -0.05) is 12.1 Å². The molecule has 0 spiro atoms. The third kappa shape index (κ3) is 5.01. The van der Waals surface area contributed by atoms with Gasteiger partial charge in [0.2, 0.25) is 0 Å². The highest BCUT2D eigenvalue weighted by atomic mass is 19.4. The number of hydrogen-bond donors (Lipinski definition) is 1. The van der Waals surface area contributed by atoms with Gasteiger partial charge in [-0.2, -0.15) is 13.2 Å². The van der Waals surface area contributed by atoms with Gasteiger partial charge in [0.1, 0.15) is 24.1 Å². The quantitative estimate of drug-likeness (QED) is 0.369. The molecule has 0 bridgehead atoms. The summed E-state index contributed by atoms with van der Waals surface area (Å²) in [7, 11) is 3.05. The average molecular weight is 453 g/mol. The molecule has 172 valence electrons. The summed E-state index contributed by atoms with van der Waals surface area (Å²) < 4.78 is 70.0. The molecule has 0 saturated carbocycles. The predicted molar refractivity (Wildman–Crippen MR) is 112 cm³/mol. The molecule has 3 aromatic rings. The molecule has 0 aliphatic heterocycles. The minimum atomic E-state index is -4.79. The van der Waals surface area contributed by atoms with Gasteiger partial charge in [0.25, 0.3) is 0 Å². The van der Waals surface area contributed by atoms with Gasteiger partial charge >= 0.3 is 6.18 Å². The van der Waals surface area contributed by atoms with Crippen LogP contribution in [0.3, 0.4) is 0 Å². The van der Waals surface area contributed by atoms with Gasteiger partial charge in [-0.25, -0.2) is 14.4 Å². The first-order valence-corrected chi connectivity index (χ1v) is 9.76. The van der Waals surface area contributed by atoms with Gasteiger partial charge < -0.3 is 19.5 Å². The fourth-order valence-electron chi connectivity index (χ4n) is 3.26. The molecule has 0 amide bonds. The van der Waals surface area contributed by atoms with Crippen molar-refractivity contribution in [1.82, 2.24) is 9.97 Å². The van der Waals surface area contributed by atoms with E-state index in [1.54, 1.807) is 33.1 Å². The van der Waals surface area contributed by atoms with Crippen molar-refractivity contribution in [3.05, 3.63) is 53.1 Å². The first-order valence-electron chi connectivity index (χ1n) is 9.76. The molecular weight excluding hydrogens is 430 g/mol. The molecule has 6 nitrogen and oxygen atoms in total. The molecule has 0 radical (unpaired) electrons. The van der Waals surface area contributed by atoms with Crippen LogP contribution in [0.5, 0.6) is 11.5 Å². The minimum absolute atomic E-state index is 0.130. The zero-order valence-corrected chi connectivity index (χ0v) is 18.0. The van der Waals surface area contributed by atoms with E-state index in [0.717, 1.165) is 0 Å². The lowest BCUT2D eigenvalue weighted by Crippen LogP contribution is -2.15. The maximum Gasteiger partial charge on any atom is 0.419 e. The van der Waals surface area contributed by atoms with Crippen LogP contribution in [0.15, 0.2) is 30.3 Å². The second-order valence-electron chi connectivity index (χ2n) is 7.05. The van der Waals surface area contributed by atoms with Crippen molar-refractivity contribution in [3.8, 4) is 11.5 Å². The molecule has 0 fully saturated rings. The van der Waals surface area contributed by atoms with Crippen LogP contribution in [-0.2, 0) is 10.9 Å². The molecule has 1 heterocycles. The third-order valence-electron chi connectivity index (χ3n) is 4.79. The van der Waals surface area contributed by atoms with Gasteiger partial charge in [-0.05, 0) is 26.0 Å². The zero-order chi connectivity index (χ0) is 23.5. The Kier molecular flexibility index (Phi) is 7.02. The summed E-state index contributed by atoms with van der Waals surface area (Å²) in [5.74, 6) is 0.309. The molecule has 0 saturated heterocycles. The predicted octanol–water partition coefficient (Wildman–Crippen LogP) is 5.30. The highest BCUT2D eigenvalue weighted by Gasteiger charge is 2.35. The fraction of sp³-hybridized carbons (Fsp3) is 0.364. The Morgan fingerprint density at radius 2 is 1.81 bits per heavy atom. The lowest BCUT2D eigenvalue weighted by molar-refractivity contribution is -0.140. The number of aryl methyl sites for hydroxylation is 1. The van der Waals surface area contributed by atoms with Crippen molar-refractivity contribution in [3.63, 3.8) is 0 Å². The van der Waals surface area contributed by atoms with Crippen molar-refractivity contribution in [1.29, 1.82) is 0 Å². The Hall–Kier alpha value is -3.14. The van der Waals surface area contributed by atoms with E-state index in [9.17, 15) is 17.6 Å². The Balaban J connectivity index is 2.02. The van der Waals surface area contributed by atoms with E-state index in [1.807, 2.05) is 0 Å². The molecule has 0 aliphatic rings. The van der Waals surface area contributed by atoms with Crippen molar-refractivity contribution in [2.45, 2.75) is 26.1 Å². The first kappa shape index (κ1) is 23.5. The van der Waals surface area contributed by atoms with Crippen molar-refractivity contribution in [2.24, 2.45) is 0 Å². The van der Waals surface area contributed by atoms with E-state index in [0.29, 0.717) is 46.7 Å². The molecule has 32 heavy (non-hydrogen) atoms. The van der Waals surface area contributed by atoms with Gasteiger partial charge in [-0.3, -0.25) is 0 Å². The van der Waals surface area contributed by atoms with E-state index >= 15 is 0 Å². The maximum atomic E-state index is 14.6. The molecule has 2 aromatic carbocycles. The Labute approximate surface area is 182 Å². The summed E-state index contributed by atoms with van der Waals surface area (Å²) in [5, 5.41) is 3.56. The lowest BCUT2D eigenvalue weighted by Gasteiger charge is -2.20. The highest BCUT2D eigenvalue weighted by Crippen LogP contribution is 2.37. The first-order chi connectivity index (χ1) is 15.2. The lowest BCUT2D eigenvalue weighted by atomic mass is 10.0. The Morgan fingerprint density at radius 1 is 1.06 bits per heavy atom. The number of fused-ring (bicyclic) bond motifs is 1. The number of alkyl halides is 3. The number of hydrogen-bond acceptors (Lipinski definition) is 6. The molecule has 0 unspecified atom stereocenters. The van der Waals surface area contributed by atoms with E-state index in [1.165, 1.54) is 19.2 Å². The summed E-state index contributed by atoms with van der Waals surface area (Å²) in [6, 6.07) is 5.73. The Morgan fingerprint density at radius 3 is 2.47 bits per heavy atom. The van der Waals surface area contributed by atoms with Crippen LogP contribution >= 0.6 is 0 Å². The van der Waals surface area contributed by atoms with Crippen LogP contribution < -0.4 is 14.8 Å². The van der Waals surface area contributed by atoms with Gasteiger partial charge in [0.15, 0.2) is 11.5 Å². The van der Waals surface area contributed by atoms with Gasteiger partial charge in [-0.15, -0.1) is 0 Å². The van der Waals surface area contributed by atoms with E-state index in [4.69, 9.17) is 14.2 Å². The largest absolute Gasteiger partial charge is 0.493 e. The molecule has 10 heteroatoms. The molecular formula is C22H23F4N3O3. The second kappa shape index (κ2) is 9.56. The second-order valence-corrected chi connectivity index (χ2v) is 7.05. The number of aromatic nitrogens is 2. The Bertz CT molecular complexity index is 1110. The summed E-state index contributed by atoms with van der Waals surface area (Å²) in [6.07, 6.45) is -4.79. The average Bonchev–Trinajstić information content (AvgIpc) is 2.72. The molecule has 3 rings (SSSR count). The fourth-order valence-corrected chi connectivity index (χ4v) is 3.26. The van der Waals surface area contributed by atoms with Crippen molar-refractivity contribution in [2.75, 3.05) is 32.8 Å². The van der Waals surface area contributed by atoms with Crippen LogP contribution in [0.1, 0.15) is 29.9 Å². The third-order valence-corrected chi connectivity index (χ3v) is 4.79. The molecule has 1 atom stereocenters. The number of benzene rings is 2. The van der Waals surface area contributed by atoms with Gasteiger partial charge in [0, 0.05) is 24.1 Å². The number of nitrogens with one attached hydrogen (secondary N) is 1. The van der Waals surface area contributed by atoms with Crippen molar-refractivity contribution < 1.29 is 31.8 Å². The number of halogens is 4. The number of nitrogens with zero attached hydrogens (tertiary/aromatic N) is 2. The number of ether oxygens (including phenoxy) is 3.